The number of imide groups is 1. The Hall–Kier alpha value is -2.15. The molecule has 6 nitrogen and oxygen atoms in total. The molecule has 7 heteroatoms. The molecule has 110 valence electrons. The molecule has 1 aromatic carbocycles. The fourth-order valence-corrected chi connectivity index (χ4v) is 3.01. The summed E-state index contributed by atoms with van der Waals surface area (Å²) in [6, 6.07) is 5.07. The van der Waals surface area contributed by atoms with Crippen molar-refractivity contribution in [1.82, 2.24) is 14.5 Å². The maximum absolute atomic E-state index is 12.4. The standard InChI is InChI=1S/C14H15N3O3S/c1-16-12(18)6-5-10(13(16)19)17-11-7-8(20-2)3-4-9(11)15-14(17)21/h3-4,7,10H,5-6H2,1-2H3,(H,15,21). The topological polar surface area (TPSA) is 67.3 Å². The number of aromatic nitrogens is 2. The van der Waals surface area contributed by atoms with Crippen molar-refractivity contribution in [2.75, 3.05) is 14.2 Å². The molecule has 1 fully saturated rings. The quantitative estimate of drug-likeness (QED) is 0.681. The molecule has 1 atom stereocenters. The molecule has 0 radical (unpaired) electrons. The molecule has 1 aliphatic heterocycles. The van der Waals surface area contributed by atoms with Gasteiger partial charge in [0.25, 0.3) is 5.91 Å². The van der Waals surface area contributed by atoms with E-state index in [1.54, 1.807) is 11.7 Å². The van der Waals surface area contributed by atoms with Gasteiger partial charge >= 0.3 is 0 Å². The number of hydrogen-bond donors (Lipinski definition) is 1. The molecule has 1 aliphatic rings. The number of nitrogens with zero attached hydrogens (tertiary/aromatic N) is 2. The molecule has 1 unspecified atom stereocenters. The zero-order valence-electron chi connectivity index (χ0n) is 11.8. The minimum absolute atomic E-state index is 0.153. The third-order valence-electron chi connectivity index (χ3n) is 3.86. The van der Waals surface area contributed by atoms with E-state index in [2.05, 4.69) is 4.98 Å². The van der Waals surface area contributed by atoms with Crippen LogP contribution < -0.4 is 4.74 Å². The molecule has 3 rings (SSSR count). The fourth-order valence-electron chi connectivity index (χ4n) is 2.68. The van der Waals surface area contributed by atoms with Gasteiger partial charge in [0.2, 0.25) is 5.91 Å². The summed E-state index contributed by atoms with van der Waals surface area (Å²) in [5.41, 5.74) is 1.65. The van der Waals surface area contributed by atoms with E-state index in [1.165, 1.54) is 11.9 Å². The van der Waals surface area contributed by atoms with Gasteiger partial charge in [-0.05, 0) is 30.8 Å². The lowest BCUT2D eigenvalue weighted by molar-refractivity contribution is -0.149. The first-order chi connectivity index (χ1) is 10.0. The van der Waals surface area contributed by atoms with Crippen LogP contribution >= 0.6 is 12.2 Å². The van der Waals surface area contributed by atoms with Gasteiger partial charge in [0.1, 0.15) is 11.8 Å². The van der Waals surface area contributed by atoms with Crippen molar-refractivity contribution in [1.29, 1.82) is 0 Å². The summed E-state index contributed by atoms with van der Waals surface area (Å²) >= 11 is 5.35. The number of methoxy groups -OCH3 is 1. The first kappa shape index (κ1) is 13.8. The molecule has 21 heavy (non-hydrogen) atoms. The smallest absolute Gasteiger partial charge is 0.252 e. The molecule has 2 aromatic rings. The highest BCUT2D eigenvalue weighted by Crippen LogP contribution is 2.29. The van der Waals surface area contributed by atoms with E-state index in [0.717, 1.165) is 11.0 Å². The van der Waals surface area contributed by atoms with Gasteiger partial charge in [0, 0.05) is 19.5 Å². The summed E-state index contributed by atoms with van der Waals surface area (Å²) < 4.78 is 7.48. The molecule has 0 spiro atoms. The molecule has 0 bridgehead atoms. The van der Waals surface area contributed by atoms with Gasteiger partial charge in [-0.15, -0.1) is 0 Å². The van der Waals surface area contributed by atoms with Crippen LogP contribution in [0.5, 0.6) is 5.75 Å². The highest BCUT2D eigenvalue weighted by molar-refractivity contribution is 7.71. The molecule has 1 saturated heterocycles. The molecule has 0 saturated carbocycles. The molecule has 0 aliphatic carbocycles. The summed E-state index contributed by atoms with van der Waals surface area (Å²) in [5.74, 6) is 0.309. The second-order valence-electron chi connectivity index (χ2n) is 5.03. The van der Waals surface area contributed by atoms with Crippen molar-refractivity contribution in [3.63, 3.8) is 0 Å². The number of likely N-dealkylation sites (tertiary alicyclic amines) is 1. The lowest BCUT2D eigenvalue weighted by atomic mass is 10.0. The number of aromatic amines is 1. The maximum Gasteiger partial charge on any atom is 0.252 e. The van der Waals surface area contributed by atoms with Gasteiger partial charge in [0.05, 0.1) is 18.1 Å². The fraction of sp³-hybridized carbons (Fsp3) is 0.357. The lowest BCUT2D eigenvalue weighted by Gasteiger charge is -2.28. The zero-order valence-corrected chi connectivity index (χ0v) is 12.6. The van der Waals surface area contributed by atoms with Crippen LogP contribution in [0.4, 0.5) is 0 Å². The lowest BCUT2D eigenvalue weighted by Crippen LogP contribution is -2.43. The minimum atomic E-state index is -0.457. The van der Waals surface area contributed by atoms with E-state index in [4.69, 9.17) is 17.0 Å². The Balaban J connectivity index is 2.15. The Kier molecular flexibility index (Phi) is 3.29. The third-order valence-corrected chi connectivity index (χ3v) is 4.16. The van der Waals surface area contributed by atoms with Crippen LogP contribution in [0.15, 0.2) is 18.2 Å². The highest BCUT2D eigenvalue weighted by Gasteiger charge is 2.34. The molecule has 2 amide bonds. The Morgan fingerprint density at radius 1 is 1.38 bits per heavy atom. The van der Waals surface area contributed by atoms with Crippen molar-refractivity contribution < 1.29 is 14.3 Å². The van der Waals surface area contributed by atoms with Gasteiger partial charge in [-0.2, -0.15) is 0 Å². The third kappa shape index (κ3) is 2.13. The number of likely N-dealkylation sites (N-methyl/N-ethyl adjacent to an activating group) is 1. The maximum atomic E-state index is 12.4. The number of fused-ring (bicyclic) bond motifs is 1. The Morgan fingerprint density at radius 2 is 2.14 bits per heavy atom. The average molecular weight is 305 g/mol. The van der Waals surface area contributed by atoms with Crippen LogP contribution in [0.1, 0.15) is 18.9 Å². The minimum Gasteiger partial charge on any atom is -0.497 e. The van der Waals surface area contributed by atoms with Crippen LogP contribution in [0, 0.1) is 4.77 Å². The van der Waals surface area contributed by atoms with Gasteiger partial charge in [0.15, 0.2) is 4.77 Å². The van der Waals surface area contributed by atoms with Crippen molar-refractivity contribution in [3.05, 3.63) is 23.0 Å². The first-order valence-corrected chi connectivity index (χ1v) is 7.02. The number of H-pyrrole nitrogens is 1. The largest absolute Gasteiger partial charge is 0.497 e. The predicted octanol–water partition coefficient (Wildman–Crippen LogP) is 2.03. The second kappa shape index (κ2) is 5.00. The number of piperidine rings is 1. The van der Waals surface area contributed by atoms with Crippen LogP contribution in [0.25, 0.3) is 11.0 Å². The predicted molar refractivity (Wildman–Crippen MR) is 79.7 cm³/mol. The van der Waals surface area contributed by atoms with Crippen LogP contribution in [0.3, 0.4) is 0 Å². The monoisotopic (exact) mass is 305 g/mol. The number of imidazole rings is 1. The van der Waals surface area contributed by atoms with Gasteiger partial charge < -0.3 is 14.3 Å². The molecule has 2 heterocycles. The number of nitrogens with one attached hydrogen (secondary N) is 1. The molecular weight excluding hydrogens is 290 g/mol. The van der Waals surface area contributed by atoms with Crippen LogP contribution in [-0.4, -0.2) is 40.4 Å². The number of benzene rings is 1. The summed E-state index contributed by atoms with van der Waals surface area (Å²) in [5, 5.41) is 0. The number of carbonyl (C=O) groups is 2. The van der Waals surface area contributed by atoms with Crippen LogP contribution in [0.2, 0.25) is 0 Å². The van der Waals surface area contributed by atoms with Crippen molar-refractivity contribution in [2.45, 2.75) is 18.9 Å². The van der Waals surface area contributed by atoms with Crippen molar-refractivity contribution in [3.8, 4) is 5.75 Å². The second-order valence-corrected chi connectivity index (χ2v) is 5.42. The number of ether oxygens (including phenoxy) is 1. The van der Waals surface area contributed by atoms with E-state index >= 15 is 0 Å². The number of amides is 2. The summed E-state index contributed by atoms with van der Waals surface area (Å²) in [6.45, 7) is 0. The number of hydrogen-bond acceptors (Lipinski definition) is 4. The number of rotatable bonds is 2. The van der Waals surface area contributed by atoms with E-state index in [0.29, 0.717) is 23.4 Å². The Morgan fingerprint density at radius 3 is 2.86 bits per heavy atom. The van der Waals surface area contributed by atoms with Crippen molar-refractivity contribution >= 4 is 35.1 Å². The summed E-state index contributed by atoms with van der Waals surface area (Å²) in [4.78, 5) is 28.3. The SMILES string of the molecule is COc1ccc2[nH]c(=S)n(C3CCC(=O)N(C)C3=O)c2c1. The molecule has 1 aromatic heterocycles. The Labute approximate surface area is 126 Å². The number of carbonyl (C=O) groups excluding carboxylic acids is 2. The normalized spacial score (nSPS) is 19.3. The average Bonchev–Trinajstić information content (AvgIpc) is 2.80. The van der Waals surface area contributed by atoms with Gasteiger partial charge in [-0.25, -0.2) is 0 Å². The van der Waals surface area contributed by atoms with E-state index in [1.807, 2.05) is 18.2 Å². The first-order valence-electron chi connectivity index (χ1n) is 6.61. The summed E-state index contributed by atoms with van der Waals surface area (Å²) in [6.07, 6.45) is 0.797. The van der Waals surface area contributed by atoms with Gasteiger partial charge in [-0.1, -0.05) is 0 Å². The summed E-state index contributed by atoms with van der Waals surface area (Å²) in [7, 11) is 3.10. The van der Waals surface area contributed by atoms with Gasteiger partial charge in [-0.3, -0.25) is 14.5 Å². The Bertz CT molecular complexity index is 792. The van der Waals surface area contributed by atoms with E-state index < -0.39 is 6.04 Å². The van der Waals surface area contributed by atoms with Crippen molar-refractivity contribution in [2.24, 2.45) is 0 Å². The van der Waals surface area contributed by atoms with E-state index in [-0.39, 0.29) is 11.8 Å². The zero-order chi connectivity index (χ0) is 15.1. The highest BCUT2D eigenvalue weighted by atomic mass is 32.1. The molecule has 1 N–H and O–H groups in total. The molecular formula is C14H15N3O3S. The van der Waals surface area contributed by atoms with Crippen LogP contribution in [-0.2, 0) is 9.59 Å². The van der Waals surface area contributed by atoms with E-state index in [9.17, 15) is 9.59 Å².